The van der Waals surface area contributed by atoms with Crippen molar-refractivity contribution >= 4 is 0 Å². The summed E-state index contributed by atoms with van der Waals surface area (Å²) in [6.45, 7) is 7.38. The molecule has 1 saturated carbocycles. The van der Waals surface area contributed by atoms with Gasteiger partial charge in [-0.25, -0.2) is 0 Å². The average molecular weight is 289 g/mol. The smallest absolute Gasteiger partial charge is 0.123 e. The highest BCUT2D eigenvalue weighted by Crippen LogP contribution is 2.30. The summed E-state index contributed by atoms with van der Waals surface area (Å²) in [5.41, 5.74) is 2.59. The molecule has 118 valence electrons. The average Bonchev–Trinajstić information content (AvgIpc) is 2.48. The molecule has 0 heterocycles. The highest BCUT2D eigenvalue weighted by atomic mass is 16.5. The maximum absolute atomic E-state index is 6.22. The normalized spacial score (nSPS) is 18.0. The summed E-state index contributed by atoms with van der Waals surface area (Å²) < 4.78 is 6.22. The lowest BCUT2D eigenvalue weighted by Crippen LogP contribution is -2.39. The zero-order valence-corrected chi connectivity index (χ0v) is 14.1. The van der Waals surface area contributed by atoms with Crippen LogP contribution in [0.5, 0.6) is 5.75 Å². The highest BCUT2D eigenvalue weighted by molar-refractivity contribution is 5.39. The van der Waals surface area contributed by atoms with Crippen molar-refractivity contribution in [3.05, 3.63) is 29.3 Å². The Balaban J connectivity index is 2.01. The molecule has 0 radical (unpaired) electrons. The van der Waals surface area contributed by atoms with Gasteiger partial charge in [-0.15, -0.1) is 0 Å². The van der Waals surface area contributed by atoms with Crippen LogP contribution in [0.3, 0.4) is 0 Å². The summed E-state index contributed by atoms with van der Waals surface area (Å²) >= 11 is 0. The van der Waals surface area contributed by atoms with Crippen molar-refractivity contribution in [3.8, 4) is 5.75 Å². The number of likely N-dealkylation sites (N-methyl/N-ethyl adjacent to an activating group) is 1. The Hall–Kier alpha value is -1.02. The van der Waals surface area contributed by atoms with E-state index < -0.39 is 0 Å². The summed E-state index contributed by atoms with van der Waals surface area (Å²) in [7, 11) is 2.07. The Kier molecular flexibility index (Phi) is 6.10. The molecule has 2 heteroatoms. The van der Waals surface area contributed by atoms with Crippen LogP contribution in [0.1, 0.15) is 63.0 Å². The summed E-state index contributed by atoms with van der Waals surface area (Å²) in [4.78, 5) is 0. The van der Waals surface area contributed by atoms with Gasteiger partial charge >= 0.3 is 0 Å². The molecule has 1 fully saturated rings. The second-order valence-electron chi connectivity index (χ2n) is 6.80. The van der Waals surface area contributed by atoms with Gasteiger partial charge in [0, 0.05) is 6.04 Å². The molecule has 0 aromatic heterocycles. The van der Waals surface area contributed by atoms with Crippen LogP contribution in [0.4, 0.5) is 0 Å². The van der Waals surface area contributed by atoms with E-state index in [1.54, 1.807) is 0 Å². The molecule has 0 saturated heterocycles. The molecule has 1 unspecified atom stereocenters. The third-order valence-corrected chi connectivity index (χ3v) is 4.80. The van der Waals surface area contributed by atoms with E-state index in [0.717, 1.165) is 18.3 Å². The molecule has 2 nitrogen and oxygen atoms in total. The standard InChI is InChI=1S/C19H31NO/c1-14(2)17-11-10-15(3)12-19(17)21-13-18(20-4)16-8-6-5-7-9-16/h10-12,14,16,18,20H,5-9,13H2,1-4H3. The van der Waals surface area contributed by atoms with E-state index in [2.05, 4.69) is 51.3 Å². The number of hydrogen-bond donors (Lipinski definition) is 1. The maximum atomic E-state index is 6.22. The van der Waals surface area contributed by atoms with Crippen molar-refractivity contribution in [2.45, 2.75) is 64.8 Å². The molecule has 21 heavy (non-hydrogen) atoms. The van der Waals surface area contributed by atoms with Crippen LogP contribution in [0.25, 0.3) is 0 Å². The first-order valence-electron chi connectivity index (χ1n) is 8.52. The van der Waals surface area contributed by atoms with E-state index in [-0.39, 0.29) is 0 Å². The summed E-state index contributed by atoms with van der Waals surface area (Å²) in [6.07, 6.45) is 6.86. The highest BCUT2D eigenvalue weighted by Gasteiger charge is 2.23. The Bertz CT molecular complexity index is 435. The van der Waals surface area contributed by atoms with Crippen molar-refractivity contribution in [1.82, 2.24) is 5.32 Å². The zero-order valence-electron chi connectivity index (χ0n) is 14.1. The van der Waals surface area contributed by atoms with Gasteiger partial charge in [-0.05, 0) is 55.8 Å². The van der Waals surface area contributed by atoms with E-state index in [1.165, 1.54) is 43.2 Å². The van der Waals surface area contributed by atoms with Gasteiger partial charge in [-0.3, -0.25) is 0 Å². The van der Waals surface area contributed by atoms with E-state index in [4.69, 9.17) is 4.74 Å². The molecule has 1 aliphatic rings. The number of aryl methyl sites for hydroxylation is 1. The van der Waals surface area contributed by atoms with Crippen molar-refractivity contribution in [3.63, 3.8) is 0 Å². The lowest BCUT2D eigenvalue weighted by molar-refractivity contribution is 0.191. The molecule has 0 spiro atoms. The molecular formula is C19H31NO. The number of ether oxygens (including phenoxy) is 1. The minimum Gasteiger partial charge on any atom is -0.492 e. The van der Waals surface area contributed by atoms with Gasteiger partial charge in [0.25, 0.3) is 0 Å². The van der Waals surface area contributed by atoms with Gasteiger partial charge in [-0.2, -0.15) is 0 Å². The lowest BCUT2D eigenvalue weighted by Gasteiger charge is -2.30. The Morgan fingerprint density at radius 1 is 1.19 bits per heavy atom. The van der Waals surface area contributed by atoms with Gasteiger partial charge in [0.1, 0.15) is 12.4 Å². The number of hydrogen-bond acceptors (Lipinski definition) is 2. The van der Waals surface area contributed by atoms with E-state index >= 15 is 0 Å². The van der Waals surface area contributed by atoms with Crippen molar-refractivity contribution < 1.29 is 4.74 Å². The van der Waals surface area contributed by atoms with E-state index in [0.29, 0.717) is 12.0 Å². The fourth-order valence-corrected chi connectivity index (χ4v) is 3.41. The van der Waals surface area contributed by atoms with Crippen LogP contribution >= 0.6 is 0 Å². The first-order chi connectivity index (χ1) is 10.1. The molecule has 2 rings (SSSR count). The van der Waals surface area contributed by atoms with Crippen LogP contribution < -0.4 is 10.1 Å². The minimum absolute atomic E-state index is 0.478. The first kappa shape index (κ1) is 16.4. The Morgan fingerprint density at radius 2 is 1.90 bits per heavy atom. The van der Waals surface area contributed by atoms with Crippen LogP contribution in [0.2, 0.25) is 0 Å². The molecule has 1 N–H and O–H groups in total. The topological polar surface area (TPSA) is 21.3 Å². The number of rotatable bonds is 6. The predicted molar refractivity (Wildman–Crippen MR) is 90.2 cm³/mol. The summed E-state index contributed by atoms with van der Waals surface area (Å²) in [5, 5.41) is 3.48. The molecular weight excluding hydrogens is 258 g/mol. The second-order valence-corrected chi connectivity index (χ2v) is 6.80. The minimum atomic E-state index is 0.478. The fourth-order valence-electron chi connectivity index (χ4n) is 3.41. The Morgan fingerprint density at radius 3 is 2.52 bits per heavy atom. The van der Waals surface area contributed by atoms with Crippen molar-refractivity contribution in [2.75, 3.05) is 13.7 Å². The SMILES string of the molecule is CNC(COc1cc(C)ccc1C(C)C)C1CCCCC1. The van der Waals surface area contributed by atoms with Gasteiger partial charge in [0.15, 0.2) is 0 Å². The monoisotopic (exact) mass is 289 g/mol. The fraction of sp³-hybridized carbons (Fsp3) is 0.684. The van der Waals surface area contributed by atoms with Gasteiger partial charge < -0.3 is 10.1 Å². The number of nitrogens with one attached hydrogen (secondary N) is 1. The molecule has 0 amide bonds. The lowest BCUT2D eigenvalue weighted by atomic mass is 9.84. The largest absolute Gasteiger partial charge is 0.492 e. The van der Waals surface area contributed by atoms with Gasteiger partial charge in [0.05, 0.1) is 0 Å². The van der Waals surface area contributed by atoms with Crippen molar-refractivity contribution in [1.29, 1.82) is 0 Å². The first-order valence-corrected chi connectivity index (χ1v) is 8.52. The summed E-state index contributed by atoms with van der Waals surface area (Å²) in [5.74, 6) is 2.35. The summed E-state index contributed by atoms with van der Waals surface area (Å²) in [6, 6.07) is 7.05. The van der Waals surface area contributed by atoms with Crippen LogP contribution in [0.15, 0.2) is 18.2 Å². The third kappa shape index (κ3) is 4.47. The molecule has 0 aliphatic heterocycles. The Labute approximate surface area is 130 Å². The van der Waals surface area contributed by atoms with Crippen LogP contribution in [0, 0.1) is 12.8 Å². The molecule has 1 aromatic rings. The van der Waals surface area contributed by atoms with E-state index in [1.807, 2.05) is 0 Å². The van der Waals surface area contributed by atoms with Gasteiger partial charge in [0.2, 0.25) is 0 Å². The number of benzene rings is 1. The van der Waals surface area contributed by atoms with Crippen LogP contribution in [-0.4, -0.2) is 19.7 Å². The van der Waals surface area contributed by atoms with Gasteiger partial charge in [-0.1, -0.05) is 45.2 Å². The van der Waals surface area contributed by atoms with Crippen LogP contribution in [-0.2, 0) is 0 Å². The zero-order chi connectivity index (χ0) is 15.2. The molecule has 0 bridgehead atoms. The second kappa shape index (κ2) is 7.84. The van der Waals surface area contributed by atoms with Crippen molar-refractivity contribution in [2.24, 2.45) is 5.92 Å². The predicted octanol–water partition coefficient (Wildman–Crippen LogP) is 4.67. The quantitative estimate of drug-likeness (QED) is 0.822. The maximum Gasteiger partial charge on any atom is 0.123 e. The van der Waals surface area contributed by atoms with E-state index in [9.17, 15) is 0 Å². The third-order valence-electron chi connectivity index (χ3n) is 4.80. The molecule has 1 atom stereocenters. The molecule has 1 aliphatic carbocycles. The molecule has 1 aromatic carbocycles.